The maximum absolute atomic E-state index is 13.5. The number of allylic oxidation sites excluding steroid dienone is 3. The Hall–Kier alpha value is -4.64. The van der Waals surface area contributed by atoms with Crippen LogP contribution < -0.4 is 9.80 Å². The molecule has 2 heterocycles. The number of rotatable bonds is 5. The Labute approximate surface area is 237 Å². The highest BCUT2D eigenvalue weighted by molar-refractivity contribution is 7.16. The monoisotopic (exact) mass is 549 g/mol. The average Bonchev–Trinajstić information content (AvgIpc) is 3.47. The van der Waals surface area contributed by atoms with E-state index in [1.54, 1.807) is 30.3 Å². The highest BCUT2D eigenvalue weighted by atomic mass is 32.1. The van der Waals surface area contributed by atoms with E-state index in [1.807, 2.05) is 55.4 Å². The van der Waals surface area contributed by atoms with Crippen LogP contribution in [0.25, 0.3) is 11.6 Å². The zero-order chi connectivity index (χ0) is 28.4. The van der Waals surface area contributed by atoms with E-state index in [-0.39, 0.29) is 11.4 Å². The molecule has 1 aliphatic heterocycles. The molecule has 2 aromatic carbocycles. The number of benzene rings is 2. The smallest absolute Gasteiger partial charge is 0.232 e. The molecule has 0 spiro atoms. The van der Waals surface area contributed by atoms with Gasteiger partial charge in [0.1, 0.15) is 23.5 Å². The van der Waals surface area contributed by atoms with Gasteiger partial charge >= 0.3 is 0 Å². The van der Waals surface area contributed by atoms with Gasteiger partial charge in [0, 0.05) is 36.5 Å². The molecule has 2 aliphatic rings. The Balaban J connectivity index is 1.58. The number of piperazine rings is 1. The number of ketones is 1. The highest BCUT2D eigenvalue weighted by Crippen LogP contribution is 2.42. The van der Waals surface area contributed by atoms with Crippen molar-refractivity contribution >= 4 is 51.1 Å². The number of quaternary nitrogens is 1. The van der Waals surface area contributed by atoms with Gasteiger partial charge in [-0.2, -0.15) is 15.5 Å². The molecular formula is C30H29N8OS+. The first-order chi connectivity index (χ1) is 19.2. The molecule has 3 aromatic rings. The van der Waals surface area contributed by atoms with E-state index in [1.165, 1.54) is 11.3 Å². The largest absolute Gasteiger partial charge is 0.378 e. The van der Waals surface area contributed by atoms with Crippen LogP contribution in [-0.2, 0) is 0 Å². The van der Waals surface area contributed by atoms with E-state index >= 15 is 0 Å². The van der Waals surface area contributed by atoms with Crippen molar-refractivity contribution in [1.82, 2.24) is 4.98 Å². The number of fused-ring (bicyclic) bond motifs is 1. The number of carbonyl (C=O) groups is 1. The fraction of sp³-hybridized carbons (Fsp3) is 0.267. The van der Waals surface area contributed by atoms with Crippen molar-refractivity contribution in [1.29, 1.82) is 10.5 Å². The third-order valence-corrected chi connectivity index (χ3v) is 8.07. The zero-order valence-corrected chi connectivity index (χ0v) is 23.7. The molecule has 0 amide bonds. The average molecular weight is 550 g/mol. The summed E-state index contributed by atoms with van der Waals surface area (Å²) in [5.41, 5.74) is 3.45. The van der Waals surface area contributed by atoms with Crippen LogP contribution in [0, 0.1) is 22.7 Å². The van der Waals surface area contributed by atoms with Crippen LogP contribution in [0.1, 0.15) is 20.8 Å². The summed E-state index contributed by atoms with van der Waals surface area (Å²) in [5.74, 6) is 0.515. The van der Waals surface area contributed by atoms with Crippen molar-refractivity contribution in [3.05, 3.63) is 75.7 Å². The van der Waals surface area contributed by atoms with Crippen molar-refractivity contribution in [2.24, 2.45) is 10.2 Å². The maximum Gasteiger partial charge on any atom is 0.232 e. The summed E-state index contributed by atoms with van der Waals surface area (Å²) in [5, 5.41) is 28.7. The van der Waals surface area contributed by atoms with Crippen LogP contribution in [0.4, 0.5) is 22.3 Å². The van der Waals surface area contributed by atoms with E-state index in [9.17, 15) is 15.3 Å². The number of azo groups is 1. The second-order valence-corrected chi connectivity index (χ2v) is 11.6. The molecule has 1 aromatic heterocycles. The van der Waals surface area contributed by atoms with Crippen molar-refractivity contribution in [3.8, 4) is 12.1 Å². The first-order valence-electron chi connectivity index (χ1n) is 12.9. The van der Waals surface area contributed by atoms with Crippen molar-refractivity contribution in [3.63, 3.8) is 0 Å². The van der Waals surface area contributed by atoms with Gasteiger partial charge < -0.3 is 14.3 Å². The summed E-state index contributed by atoms with van der Waals surface area (Å²) in [4.78, 5) is 23.3. The number of anilines is 2. The Kier molecular flexibility index (Phi) is 7.31. The number of nitrogens with zero attached hydrogens (tertiary/aromatic N) is 8. The second-order valence-electron chi connectivity index (χ2n) is 10.6. The van der Waals surface area contributed by atoms with E-state index in [4.69, 9.17) is 4.98 Å². The molecular weight excluding hydrogens is 520 g/mol. The number of Topliss-reactive ketones (excluding diaryl/α,β-unsaturated/α-hetero) is 1. The molecule has 9 nitrogen and oxygen atoms in total. The van der Waals surface area contributed by atoms with Crippen molar-refractivity contribution < 1.29 is 9.28 Å². The lowest BCUT2D eigenvalue weighted by Gasteiger charge is -2.39. The first-order valence-corrected chi connectivity index (χ1v) is 13.7. The van der Waals surface area contributed by atoms with E-state index < -0.39 is 0 Å². The molecule has 200 valence electrons. The molecule has 5 rings (SSSR count). The lowest BCUT2D eigenvalue weighted by atomic mass is 9.99. The molecule has 1 saturated heterocycles. The predicted octanol–water partition coefficient (Wildman–Crippen LogP) is 5.60. The van der Waals surface area contributed by atoms with Crippen LogP contribution in [0.5, 0.6) is 0 Å². The number of nitriles is 2. The number of carbonyl (C=O) groups excluding carboxylic acids is 1. The quantitative estimate of drug-likeness (QED) is 0.177. The SMILES string of the molecule is CN(C)c1ccc(/N=N/c2nc(N3CC[N+](C)(C)CC3)c(/C=C3\C(=O)c4ccccc4C3=C(C#N)C#N)s2)cc1. The second kappa shape index (κ2) is 10.9. The molecule has 1 fully saturated rings. The predicted molar refractivity (Wildman–Crippen MR) is 158 cm³/mol. The Morgan fingerprint density at radius 3 is 2.30 bits per heavy atom. The van der Waals surface area contributed by atoms with Gasteiger partial charge in [0.15, 0.2) is 5.78 Å². The molecule has 0 saturated carbocycles. The van der Waals surface area contributed by atoms with Crippen molar-refractivity contribution in [2.45, 2.75) is 0 Å². The van der Waals surface area contributed by atoms with Gasteiger partial charge in [-0.3, -0.25) is 4.79 Å². The normalized spacial score (nSPS) is 17.1. The summed E-state index contributed by atoms with van der Waals surface area (Å²) >= 11 is 1.33. The summed E-state index contributed by atoms with van der Waals surface area (Å²) in [6, 6.07) is 18.8. The number of aromatic nitrogens is 1. The van der Waals surface area contributed by atoms with Gasteiger partial charge in [-0.05, 0) is 35.9 Å². The summed E-state index contributed by atoms with van der Waals surface area (Å²) in [7, 11) is 8.38. The van der Waals surface area contributed by atoms with Gasteiger partial charge in [-0.1, -0.05) is 35.6 Å². The topological polar surface area (TPSA) is 109 Å². The van der Waals surface area contributed by atoms with Crippen LogP contribution in [0.2, 0.25) is 0 Å². The molecule has 0 unspecified atom stereocenters. The Morgan fingerprint density at radius 1 is 1.02 bits per heavy atom. The third-order valence-electron chi connectivity index (χ3n) is 7.19. The van der Waals surface area contributed by atoms with Crippen molar-refractivity contribution in [2.75, 3.05) is 64.2 Å². The van der Waals surface area contributed by atoms with Gasteiger partial charge in [0.05, 0.1) is 50.8 Å². The number of hydrogen-bond donors (Lipinski definition) is 0. The van der Waals surface area contributed by atoms with Crippen LogP contribution in [0.3, 0.4) is 0 Å². The third kappa shape index (κ3) is 5.28. The zero-order valence-electron chi connectivity index (χ0n) is 22.9. The van der Waals surface area contributed by atoms with Gasteiger partial charge in [0.25, 0.3) is 0 Å². The minimum atomic E-state index is -0.214. The summed E-state index contributed by atoms with van der Waals surface area (Å²) in [6.45, 7) is 3.50. The maximum atomic E-state index is 13.5. The van der Waals surface area contributed by atoms with E-state index in [0.717, 1.165) is 47.0 Å². The van der Waals surface area contributed by atoms with Gasteiger partial charge in [0.2, 0.25) is 5.13 Å². The molecule has 40 heavy (non-hydrogen) atoms. The molecule has 0 N–H and O–H groups in total. The minimum absolute atomic E-state index is 0.0891. The van der Waals surface area contributed by atoms with Crippen LogP contribution in [0.15, 0.2) is 69.9 Å². The summed E-state index contributed by atoms with van der Waals surface area (Å²) in [6.07, 6.45) is 1.76. The van der Waals surface area contributed by atoms with Crippen LogP contribution in [-0.4, -0.2) is 69.6 Å². The lowest BCUT2D eigenvalue weighted by Crippen LogP contribution is -2.55. The molecule has 0 bridgehead atoms. The van der Waals surface area contributed by atoms with E-state index in [2.05, 4.69) is 29.2 Å². The number of hydrogen-bond acceptors (Lipinski definition) is 9. The Morgan fingerprint density at radius 2 is 1.68 bits per heavy atom. The fourth-order valence-corrected chi connectivity index (χ4v) is 5.64. The van der Waals surface area contributed by atoms with Crippen LogP contribution >= 0.6 is 11.3 Å². The molecule has 1 aliphatic carbocycles. The summed E-state index contributed by atoms with van der Waals surface area (Å²) < 4.78 is 0.918. The lowest BCUT2D eigenvalue weighted by molar-refractivity contribution is -0.890. The number of likely N-dealkylation sites (N-methyl/N-ethyl adjacent to an activating group) is 1. The molecule has 0 radical (unpaired) electrons. The molecule has 10 heteroatoms. The van der Waals surface area contributed by atoms with Gasteiger partial charge in [-0.15, -0.1) is 10.2 Å². The highest BCUT2D eigenvalue weighted by Gasteiger charge is 2.34. The fourth-order valence-electron chi connectivity index (χ4n) is 4.79. The van der Waals surface area contributed by atoms with E-state index in [0.29, 0.717) is 33.1 Å². The minimum Gasteiger partial charge on any atom is -0.378 e. The first kappa shape index (κ1) is 26.9. The standard InChI is InChI=1S/C30H29N8OS/c1-36(2)22-11-9-21(10-12-22)34-35-30-33-29(37-13-15-38(3,4)16-14-37)26(40-30)17-25-27(20(18-31)19-32)23-7-5-6-8-24(23)28(25)39/h5-12,17H,13-16H2,1-4H3/q+1/b25-17-,35-34+. The molecule has 0 atom stereocenters. The Bertz CT molecular complexity index is 1620. The number of thiazole rings is 1. The van der Waals surface area contributed by atoms with Gasteiger partial charge in [-0.25, -0.2) is 0 Å².